The van der Waals surface area contributed by atoms with Crippen molar-refractivity contribution in [1.82, 2.24) is 0 Å². The lowest BCUT2D eigenvalue weighted by atomic mass is 10.3. The number of hydrogen-bond acceptors (Lipinski definition) is 2. The average molecular weight is 115 g/mol. The Morgan fingerprint density at radius 1 is 1.88 bits per heavy atom. The molecular weight excluding hydrogens is 106 g/mol. The van der Waals surface area contributed by atoms with Crippen molar-refractivity contribution < 1.29 is 15.2 Å². The van der Waals surface area contributed by atoms with E-state index in [4.69, 9.17) is 5.11 Å². The molecule has 0 aliphatic heterocycles. The van der Waals surface area contributed by atoms with Crippen LogP contribution in [0.4, 0.5) is 0 Å². The third kappa shape index (κ3) is 1.86. The average Bonchev–Trinajstić information content (AvgIpc) is 1.84. The summed E-state index contributed by atoms with van der Waals surface area (Å²) in [6.07, 6.45) is 0. The molecule has 0 aromatic carbocycles. The predicted octanol–water partition coefficient (Wildman–Crippen LogP) is -1.58. The number of hydrogen-bond donors (Lipinski definition) is 2. The van der Waals surface area contributed by atoms with E-state index in [2.05, 4.69) is 13.6 Å². The van der Waals surface area contributed by atoms with Crippen molar-refractivity contribution in [3.8, 4) is 0 Å². The van der Waals surface area contributed by atoms with Crippen molar-refractivity contribution in [2.24, 2.45) is 0 Å². The van der Waals surface area contributed by atoms with Crippen molar-refractivity contribution in [2.45, 2.75) is 0 Å². The van der Waals surface area contributed by atoms with Crippen LogP contribution >= 0.6 is 0 Å². The first-order valence-corrected chi connectivity index (χ1v) is 2.17. The van der Waals surface area contributed by atoms with E-state index < -0.39 is 0 Å². The predicted molar refractivity (Wildman–Crippen MR) is 28.5 cm³/mol. The minimum atomic E-state index is -0.299. The molecule has 0 saturated carbocycles. The van der Waals surface area contributed by atoms with Gasteiger partial charge < -0.3 is 10.4 Å². The second-order valence-corrected chi connectivity index (χ2v) is 1.33. The van der Waals surface area contributed by atoms with E-state index in [-0.39, 0.29) is 18.1 Å². The van der Waals surface area contributed by atoms with Gasteiger partial charge in [0, 0.05) is 0 Å². The van der Waals surface area contributed by atoms with E-state index in [1.54, 1.807) is 0 Å². The van der Waals surface area contributed by atoms with Crippen molar-refractivity contribution in [2.75, 3.05) is 6.61 Å². The summed E-state index contributed by atoms with van der Waals surface area (Å²) in [6.45, 7) is 2.99. The van der Waals surface area contributed by atoms with Crippen LogP contribution in [0, 0.1) is 7.05 Å². The molecule has 3 heteroatoms. The Morgan fingerprint density at radius 2 is 2.38 bits per heavy atom. The second kappa shape index (κ2) is 3.35. The maximum absolute atomic E-state index is 10.4. The Balaban J connectivity index is 3.64. The Kier molecular flexibility index (Phi) is 3.07. The normalized spacial score (nSPS) is 8.75. The molecule has 0 aromatic heterocycles. The molecule has 0 bridgehead atoms. The molecule has 46 valence electrons. The SMILES string of the molecule is C=C(CO)C(=O)[NH2+][CH2-]. The zero-order valence-corrected chi connectivity index (χ0v) is 4.55. The molecule has 0 saturated heterocycles. The summed E-state index contributed by atoms with van der Waals surface area (Å²) in [5, 5.41) is 9.39. The van der Waals surface area contributed by atoms with Crippen molar-refractivity contribution >= 4 is 5.91 Å². The largest absolute Gasteiger partial charge is 0.411 e. The van der Waals surface area contributed by atoms with Crippen LogP contribution in [0.5, 0.6) is 0 Å². The zero-order valence-electron chi connectivity index (χ0n) is 4.55. The quantitative estimate of drug-likeness (QED) is 0.337. The fraction of sp³-hybridized carbons (Fsp3) is 0.200. The summed E-state index contributed by atoms with van der Waals surface area (Å²) in [5.74, 6) is -0.299. The van der Waals surface area contributed by atoms with Gasteiger partial charge in [-0.15, -0.1) is 7.05 Å². The molecule has 0 spiro atoms. The molecule has 0 fully saturated rings. The second-order valence-electron chi connectivity index (χ2n) is 1.33. The van der Waals surface area contributed by atoms with Gasteiger partial charge >= 0.3 is 5.91 Å². The first kappa shape index (κ1) is 7.33. The van der Waals surface area contributed by atoms with E-state index >= 15 is 0 Å². The number of aliphatic hydroxyl groups excluding tert-OH is 1. The van der Waals surface area contributed by atoms with Crippen LogP contribution in [0.2, 0.25) is 0 Å². The summed E-state index contributed by atoms with van der Waals surface area (Å²) in [7, 11) is 3.21. The maximum atomic E-state index is 10.4. The third-order valence-corrected chi connectivity index (χ3v) is 0.725. The van der Waals surface area contributed by atoms with Crippen LogP contribution in [-0.4, -0.2) is 17.6 Å². The fourth-order valence-electron chi connectivity index (χ4n) is 0.222. The molecule has 0 heterocycles. The monoisotopic (exact) mass is 115 g/mol. The Bertz CT molecular complexity index is 95.0. The fourth-order valence-corrected chi connectivity index (χ4v) is 0.222. The molecule has 3 nitrogen and oxygen atoms in total. The topological polar surface area (TPSA) is 53.9 Å². The number of carbonyl (C=O) groups is 1. The molecule has 8 heavy (non-hydrogen) atoms. The van der Waals surface area contributed by atoms with Gasteiger partial charge in [0.15, 0.2) is 0 Å². The number of carbonyl (C=O) groups excluding carboxylic acids is 1. The molecule has 0 radical (unpaired) electrons. The smallest absolute Gasteiger partial charge is 0.314 e. The number of rotatable bonds is 2. The summed E-state index contributed by atoms with van der Waals surface area (Å²) < 4.78 is 0. The van der Waals surface area contributed by atoms with Gasteiger partial charge in [0.05, 0.1) is 12.2 Å². The highest BCUT2D eigenvalue weighted by atomic mass is 16.3. The van der Waals surface area contributed by atoms with Crippen molar-refractivity contribution in [1.29, 1.82) is 0 Å². The van der Waals surface area contributed by atoms with E-state index in [0.717, 1.165) is 5.32 Å². The van der Waals surface area contributed by atoms with E-state index in [1.165, 1.54) is 0 Å². The molecule has 0 aliphatic rings. The molecular formula is C5H9NO2. The van der Waals surface area contributed by atoms with Crippen LogP contribution in [0.15, 0.2) is 12.2 Å². The van der Waals surface area contributed by atoms with Gasteiger partial charge in [-0.25, -0.2) is 4.79 Å². The number of aliphatic hydroxyl groups is 1. The molecule has 0 rings (SSSR count). The first-order chi connectivity index (χ1) is 3.72. The van der Waals surface area contributed by atoms with Crippen LogP contribution in [0.1, 0.15) is 0 Å². The van der Waals surface area contributed by atoms with E-state index in [0.29, 0.717) is 0 Å². The zero-order chi connectivity index (χ0) is 6.57. The Labute approximate surface area is 48.0 Å². The van der Waals surface area contributed by atoms with Gasteiger partial charge in [-0.2, -0.15) is 0 Å². The maximum Gasteiger partial charge on any atom is 0.314 e. The number of primary amides is 1. The summed E-state index contributed by atoms with van der Waals surface area (Å²) in [5.41, 5.74) is 0.181. The first-order valence-electron chi connectivity index (χ1n) is 2.17. The minimum Gasteiger partial charge on any atom is -0.411 e. The molecule has 1 amide bonds. The summed E-state index contributed by atoms with van der Waals surface area (Å²) in [6, 6.07) is 0. The number of amides is 1. The molecule has 0 aromatic rings. The Morgan fingerprint density at radius 3 is 2.50 bits per heavy atom. The van der Waals surface area contributed by atoms with Crippen LogP contribution < -0.4 is 5.32 Å². The highest BCUT2D eigenvalue weighted by molar-refractivity contribution is 5.84. The number of nitrogens with two attached hydrogens (primary N) is 1. The minimum absolute atomic E-state index is 0.181. The van der Waals surface area contributed by atoms with Crippen LogP contribution in [-0.2, 0) is 4.79 Å². The van der Waals surface area contributed by atoms with Gasteiger partial charge in [0.25, 0.3) is 0 Å². The van der Waals surface area contributed by atoms with Crippen LogP contribution in [0.25, 0.3) is 0 Å². The van der Waals surface area contributed by atoms with Gasteiger partial charge in [0.2, 0.25) is 0 Å². The molecule has 0 unspecified atom stereocenters. The van der Waals surface area contributed by atoms with Crippen molar-refractivity contribution in [3.05, 3.63) is 19.2 Å². The molecule has 0 aliphatic carbocycles. The summed E-state index contributed by atoms with van der Waals surface area (Å²) >= 11 is 0. The highest BCUT2D eigenvalue weighted by Gasteiger charge is 2.01. The highest BCUT2D eigenvalue weighted by Crippen LogP contribution is 1.79. The van der Waals surface area contributed by atoms with Gasteiger partial charge in [-0.3, -0.25) is 0 Å². The third-order valence-electron chi connectivity index (χ3n) is 0.725. The lowest BCUT2D eigenvalue weighted by Gasteiger charge is -1.95. The lowest BCUT2D eigenvalue weighted by Crippen LogP contribution is -2.81. The van der Waals surface area contributed by atoms with E-state index in [1.807, 2.05) is 0 Å². The Hall–Kier alpha value is -0.670. The van der Waals surface area contributed by atoms with Crippen LogP contribution in [0.3, 0.4) is 0 Å². The standard InChI is InChI=1S/C5H9NO2/c1-4(3-7)5(8)6-2/h7H,1-3,6H2. The van der Waals surface area contributed by atoms with Gasteiger partial charge in [-0.05, 0) is 0 Å². The number of quaternary nitrogens is 1. The lowest BCUT2D eigenvalue weighted by molar-refractivity contribution is -0.503. The van der Waals surface area contributed by atoms with Gasteiger partial charge in [0.1, 0.15) is 0 Å². The molecule has 3 N–H and O–H groups in total. The molecule has 0 atom stereocenters. The van der Waals surface area contributed by atoms with E-state index in [9.17, 15) is 4.79 Å². The van der Waals surface area contributed by atoms with Gasteiger partial charge in [-0.1, -0.05) is 6.58 Å². The summed E-state index contributed by atoms with van der Waals surface area (Å²) in [4.78, 5) is 10.4. The van der Waals surface area contributed by atoms with Crippen molar-refractivity contribution in [3.63, 3.8) is 0 Å².